The van der Waals surface area contributed by atoms with Crippen LogP contribution in [-0.4, -0.2) is 70.1 Å². The molecule has 0 radical (unpaired) electrons. The fourth-order valence-corrected chi connectivity index (χ4v) is 5.84. The molecule has 3 aromatic heterocycles. The summed E-state index contributed by atoms with van der Waals surface area (Å²) >= 11 is 0. The van der Waals surface area contributed by atoms with Gasteiger partial charge in [0.2, 0.25) is 5.95 Å². The summed E-state index contributed by atoms with van der Waals surface area (Å²) in [6.07, 6.45) is 11.8. The number of unbranched alkanes of at least 4 members (excludes halogenated alkanes) is 1. The maximum atomic E-state index is 13.7. The van der Waals surface area contributed by atoms with Crippen LogP contribution in [0.1, 0.15) is 75.3 Å². The average Bonchev–Trinajstić information content (AvgIpc) is 3.60. The number of piperazine rings is 1. The van der Waals surface area contributed by atoms with Crippen molar-refractivity contribution in [1.82, 2.24) is 29.7 Å². The maximum absolute atomic E-state index is 13.7. The molecule has 5 rings (SSSR count). The van der Waals surface area contributed by atoms with Crippen molar-refractivity contribution < 1.29 is 4.79 Å². The van der Waals surface area contributed by atoms with Crippen LogP contribution in [0.25, 0.3) is 11.0 Å². The normalized spacial score (nSPS) is 17.2. The summed E-state index contributed by atoms with van der Waals surface area (Å²) in [7, 11) is 1.93. The number of hydrogen-bond acceptors (Lipinski definition) is 7. The molecule has 9 nitrogen and oxygen atoms in total. The van der Waals surface area contributed by atoms with Gasteiger partial charge in [-0.1, -0.05) is 39.5 Å². The molecule has 204 valence electrons. The largest absolute Gasteiger partial charge is 0.368 e. The van der Waals surface area contributed by atoms with Gasteiger partial charge >= 0.3 is 0 Å². The van der Waals surface area contributed by atoms with Gasteiger partial charge < -0.3 is 25.0 Å². The Morgan fingerprint density at radius 1 is 1.18 bits per heavy atom. The number of hydrogen-bond donors (Lipinski definition) is 2. The predicted octanol–water partition coefficient (Wildman–Crippen LogP) is 4.99. The molecule has 9 heteroatoms. The van der Waals surface area contributed by atoms with Gasteiger partial charge in [-0.2, -0.15) is 4.98 Å². The Bertz CT molecular complexity index is 1210. The second-order valence-corrected chi connectivity index (χ2v) is 11.0. The Labute approximate surface area is 226 Å². The number of anilines is 3. The first-order valence-electron chi connectivity index (χ1n) is 14.4. The first kappa shape index (κ1) is 26.4. The molecular formula is C29H42N8O. The Morgan fingerprint density at radius 3 is 2.68 bits per heavy atom. The van der Waals surface area contributed by atoms with Crippen molar-refractivity contribution >= 4 is 34.4 Å². The number of rotatable bonds is 10. The highest BCUT2D eigenvalue weighted by atomic mass is 16.2. The lowest BCUT2D eigenvalue weighted by molar-refractivity contribution is 0.0760. The van der Waals surface area contributed by atoms with Crippen LogP contribution < -0.4 is 15.5 Å². The number of carbonyl (C=O) groups excluding carboxylic acids is 1. The van der Waals surface area contributed by atoms with E-state index in [4.69, 9.17) is 4.98 Å². The van der Waals surface area contributed by atoms with E-state index in [-0.39, 0.29) is 11.9 Å². The molecule has 3 aromatic rings. The van der Waals surface area contributed by atoms with Crippen LogP contribution in [0.4, 0.5) is 17.5 Å². The lowest BCUT2D eigenvalue weighted by Crippen LogP contribution is -2.43. The summed E-state index contributed by atoms with van der Waals surface area (Å²) in [6, 6.07) is 6.34. The van der Waals surface area contributed by atoms with Gasteiger partial charge in [0.05, 0.1) is 11.9 Å². The van der Waals surface area contributed by atoms with Crippen LogP contribution in [0.2, 0.25) is 0 Å². The monoisotopic (exact) mass is 518 g/mol. The van der Waals surface area contributed by atoms with E-state index in [2.05, 4.69) is 50.0 Å². The highest BCUT2D eigenvalue weighted by Gasteiger charge is 2.27. The topological polar surface area (TPSA) is 91.2 Å². The van der Waals surface area contributed by atoms with E-state index in [9.17, 15) is 4.79 Å². The second-order valence-electron chi connectivity index (χ2n) is 11.0. The molecule has 1 atom stereocenters. The van der Waals surface area contributed by atoms with E-state index in [0.29, 0.717) is 17.7 Å². The predicted molar refractivity (Wildman–Crippen MR) is 153 cm³/mol. The second kappa shape index (κ2) is 12.1. The third-order valence-electron chi connectivity index (χ3n) is 7.94. The van der Waals surface area contributed by atoms with Crippen LogP contribution in [0.3, 0.4) is 0 Å². The van der Waals surface area contributed by atoms with Crippen molar-refractivity contribution in [2.24, 2.45) is 5.92 Å². The quantitative estimate of drug-likeness (QED) is 0.391. The van der Waals surface area contributed by atoms with E-state index in [1.807, 2.05) is 36.5 Å². The zero-order chi connectivity index (χ0) is 26.5. The van der Waals surface area contributed by atoms with E-state index in [0.717, 1.165) is 74.4 Å². The lowest BCUT2D eigenvalue weighted by atomic mass is 10.0. The highest BCUT2D eigenvalue weighted by molar-refractivity contribution is 5.98. The lowest BCUT2D eigenvalue weighted by Gasteiger charge is -2.29. The van der Waals surface area contributed by atoms with Crippen molar-refractivity contribution in [3.63, 3.8) is 0 Å². The van der Waals surface area contributed by atoms with Crippen molar-refractivity contribution in [1.29, 1.82) is 0 Å². The molecule has 1 unspecified atom stereocenters. The zero-order valence-corrected chi connectivity index (χ0v) is 23.1. The first-order chi connectivity index (χ1) is 18.5. The number of nitrogens with one attached hydrogen (secondary N) is 2. The molecule has 0 aromatic carbocycles. The Kier molecular flexibility index (Phi) is 8.42. The summed E-state index contributed by atoms with van der Waals surface area (Å²) in [4.78, 5) is 32.0. The number of carbonyl (C=O) groups is 1. The molecule has 1 aliphatic heterocycles. The van der Waals surface area contributed by atoms with Gasteiger partial charge in [-0.25, -0.2) is 9.97 Å². The number of nitrogens with zero attached hydrogens (tertiary/aromatic N) is 6. The Balaban J connectivity index is 1.38. The van der Waals surface area contributed by atoms with E-state index >= 15 is 0 Å². The molecule has 2 aliphatic rings. The maximum Gasteiger partial charge on any atom is 0.270 e. The standard InChI is InChI=1S/C29H42N8O/c1-4-5-8-21(2)20-35(3)28(38)25-17-22-18-32-29(34-27(22)37(25)23-9-6-7-10-23)33-26-12-11-24(19-31-26)36-15-13-30-14-16-36/h11-12,17-19,21,23,30H,4-10,13-16,20H2,1-3H3,(H,31,32,33,34). The molecular weight excluding hydrogens is 476 g/mol. The van der Waals surface area contributed by atoms with Crippen molar-refractivity contribution in [2.75, 3.05) is 50.0 Å². The molecule has 2 fully saturated rings. The van der Waals surface area contributed by atoms with Gasteiger partial charge in [-0.05, 0) is 43.4 Å². The highest BCUT2D eigenvalue weighted by Crippen LogP contribution is 2.35. The van der Waals surface area contributed by atoms with Gasteiger partial charge in [0.25, 0.3) is 5.91 Å². The van der Waals surface area contributed by atoms with Crippen LogP contribution >= 0.6 is 0 Å². The van der Waals surface area contributed by atoms with Crippen molar-refractivity contribution in [3.05, 3.63) is 36.3 Å². The zero-order valence-electron chi connectivity index (χ0n) is 23.1. The minimum absolute atomic E-state index is 0.0675. The molecule has 1 saturated heterocycles. The van der Waals surface area contributed by atoms with Crippen LogP contribution in [0, 0.1) is 5.92 Å². The van der Waals surface area contributed by atoms with Gasteiger partial charge in [0, 0.05) is 57.4 Å². The minimum Gasteiger partial charge on any atom is -0.368 e. The molecule has 2 N–H and O–H groups in total. The molecule has 1 amide bonds. The molecule has 1 aliphatic carbocycles. The average molecular weight is 519 g/mol. The Morgan fingerprint density at radius 2 is 1.97 bits per heavy atom. The molecule has 1 saturated carbocycles. The molecule has 0 spiro atoms. The first-order valence-corrected chi connectivity index (χ1v) is 14.4. The van der Waals surface area contributed by atoms with Crippen LogP contribution in [0.15, 0.2) is 30.6 Å². The third kappa shape index (κ3) is 5.93. The van der Waals surface area contributed by atoms with Gasteiger partial charge in [0.15, 0.2) is 0 Å². The number of pyridine rings is 1. The fraction of sp³-hybridized carbons (Fsp3) is 0.586. The molecule has 38 heavy (non-hydrogen) atoms. The summed E-state index contributed by atoms with van der Waals surface area (Å²) in [5.74, 6) is 1.75. The number of aromatic nitrogens is 4. The Hall–Kier alpha value is -3.20. The fourth-order valence-electron chi connectivity index (χ4n) is 5.84. The summed E-state index contributed by atoms with van der Waals surface area (Å²) in [5.41, 5.74) is 2.67. The summed E-state index contributed by atoms with van der Waals surface area (Å²) in [6.45, 7) is 9.17. The summed E-state index contributed by atoms with van der Waals surface area (Å²) in [5, 5.41) is 7.56. The third-order valence-corrected chi connectivity index (χ3v) is 7.94. The van der Waals surface area contributed by atoms with Crippen molar-refractivity contribution in [3.8, 4) is 0 Å². The summed E-state index contributed by atoms with van der Waals surface area (Å²) < 4.78 is 2.19. The molecule has 0 bridgehead atoms. The number of fused-ring (bicyclic) bond motifs is 1. The van der Waals surface area contributed by atoms with Crippen molar-refractivity contribution in [2.45, 2.75) is 64.8 Å². The van der Waals surface area contributed by atoms with Gasteiger partial charge in [-0.15, -0.1) is 0 Å². The van der Waals surface area contributed by atoms with E-state index in [1.165, 1.54) is 25.7 Å². The van der Waals surface area contributed by atoms with E-state index in [1.54, 1.807) is 0 Å². The van der Waals surface area contributed by atoms with Crippen LogP contribution in [-0.2, 0) is 0 Å². The minimum atomic E-state index is 0.0675. The van der Waals surface area contributed by atoms with Gasteiger partial charge in [0.1, 0.15) is 17.2 Å². The SMILES string of the molecule is CCCCC(C)CN(C)C(=O)c1cc2cnc(Nc3ccc(N4CCNCC4)cn3)nc2n1C1CCCC1. The van der Waals surface area contributed by atoms with Crippen LogP contribution in [0.5, 0.6) is 0 Å². The van der Waals surface area contributed by atoms with E-state index < -0.39 is 0 Å². The molecule has 4 heterocycles. The smallest absolute Gasteiger partial charge is 0.270 e. The number of amides is 1. The van der Waals surface area contributed by atoms with Gasteiger partial charge in [-0.3, -0.25) is 4.79 Å².